The molecule has 0 aliphatic carbocycles. The molecule has 0 amide bonds. The summed E-state index contributed by atoms with van der Waals surface area (Å²) in [7, 11) is 0. The van der Waals surface area contributed by atoms with Crippen LogP contribution in [0.2, 0.25) is 5.02 Å². The van der Waals surface area contributed by atoms with Gasteiger partial charge < -0.3 is 5.73 Å². The van der Waals surface area contributed by atoms with Crippen molar-refractivity contribution in [3.63, 3.8) is 0 Å². The Morgan fingerprint density at radius 2 is 2.07 bits per heavy atom. The molecule has 0 heterocycles. The highest BCUT2D eigenvalue weighted by atomic mass is 35.5. The van der Waals surface area contributed by atoms with Crippen molar-refractivity contribution >= 4 is 11.6 Å². The first-order chi connectivity index (χ1) is 7.27. The minimum absolute atomic E-state index is 0.574. The fourth-order valence-corrected chi connectivity index (χ4v) is 1.98. The molecule has 0 bridgehead atoms. The van der Waals surface area contributed by atoms with E-state index in [1.807, 2.05) is 18.2 Å². The Bertz CT molecular complexity index is 286. The van der Waals surface area contributed by atoms with E-state index >= 15 is 0 Å². The van der Waals surface area contributed by atoms with Crippen molar-refractivity contribution in [3.8, 4) is 0 Å². The normalized spacial score (nSPS) is 12.7. The highest BCUT2D eigenvalue weighted by Crippen LogP contribution is 2.20. The number of hydrogen-bond acceptors (Lipinski definition) is 1. The van der Waals surface area contributed by atoms with E-state index in [2.05, 4.69) is 13.0 Å². The average molecular weight is 226 g/mol. The van der Waals surface area contributed by atoms with Gasteiger partial charge in [0.1, 0.15) is 0 Å². The molecule has 0 fully saturated rings. The SMILES string of the molecule is CCCCC(CN)Cc1ccccc1Cl. The lowest BCUT2D eigenvalue weighted by molar-refractivity contribution is 0.472. The zero-order valence-corrected chi connectivity index (χ0v) is 10.1. The molecule has 0 aliphatic heterocycles. The Labute approximate surface area is 97.6 Å². The number of nitrogens with two attached hydrogens (primary N) is 1. The number of rotatable bonds is 6. The molecule has 0 spiro atoms. The summed E-state index contributed by atoms with van der Waals surface area (Å²) < 4.78 is 0. The van der Waals surface area contributed by atoms with Gasteiger partial charge in [0, 0.05) is 5.02 Å². The van der Waals surface area contributed by atoms with Crippen LogP contribution in [-0.2, 0) is 6.42 Å². The molecule has 0 aromatic heterocycles. The zero-order valence-electron chi connectivity index (χ0n) is 9.38. The summed E-state index contributed by atoms with van der Waals surface area (Å²) in [5.41, 5.74) is 7.00. The fraction of sp³-hybridized carbons (Fsp3) is 0.538. The summed E-state index contributed by atoms with van der Waals surface area (Å²) >= 11 is 6.12. The molecule has 1 aromatic rings. The summed E-state index contributed by atoms with van der Waals surface area (Å²) in [6.07, 6.45) is 4.71. The van der Waals surface area contributed by atoms with Gasteiger partial charge >= 0.3 is 0 Å². The predicted octanol–water partition coefficient (Wildman–Crippen LogP) is 3.65. The van der Waals surface area contributed by atoms with Crippen molar-refractivity contribution < 1.29 is 0 Å². The Balaban J connectivity index is 2.54. The monoisotopic (exact) mass is 225 g/mol. The van der Waals surface area contributed by atoms with Crippen LogP contribution in [0.5, 0.6) is 0 Å². The van der Waals surface area contributed by atoms with Crippen LogP contribution in [0.15, 0.2) is 24.3 Å². The maximum Gasteiger partial charge on any atom is 0.0438 e. The minimum atomic E-state index is 0.574. The molecule has 1 unspecified atom stereocenters. The predicted molar refractivity (Wildman–Crippen MR) is 67.2 cm³/mol. The lowest BCUT2D eigenvalue weighted by Crippen LogP contribution is -2.17. The average Bonchev–Trinajstić information content (AvgIpc) is 2.26. The molecular weight excluding hydrogens is 206 g/mol. The number of unbranched alkanes of at least 4 members (excludes halogenated alkanes) is 1. The summed E-state index contributed by atoms with van der Waals surface area (Å²) in [4.78, 5) is 0. The molecule has 0 saturated carbocycles. The van der Waals surface area contributed by atoms with Crippen LogP contribution in [0.3, 0.4) is 0 Å². The third-order valence-corrected chi connectivity index (χ3v) is 3.13. The van der Waals surface area contributed by atoms with E-state index < -0.39 is 0 Å². The second kappa shape index (κ2) is 6.86. The van der Waals surface area contributed by atoms with Crippen molar-refractivity contribution in [1.82, 2.24) is 0 Å². The highest BCUT2D eigenvalue weighted by molar-refractivity contribution is 6.31. The van der Waals surface area contributed by atoms with Crippen LogP contribution >= 0.6 is 11.6 Å². The minimum Gasteiger partial charge on any atom is -0.330 e. The van der Waals surface area contributed by atoms with Crippen molar-refractivity contribution in [1.29, 1.82) is 0 Å². The van der Waals surface area contributed by atoms with Crippen LogP contribution in [0.1, 0.15) is 31.7 Å². The van der Waals surface area contributed by atoms with Crippen LogP contribution in [0.25, 0.3) is 0 Å². The third kappa shape index (κ3) is 4.23. The topological polar surface area (TPSA) is 26.0 Å². The maximum absolute atomic E-state index is 6.12. The van der Waals surface area contributed by atoms with Gasteiger partial charge in [0.05, 0.1) is 0 Å². The third-order valence-electron chi connectivity index (χ3n) is 2.77. The molecule has 1 nitrogen and oxygen atoms in total. The summed E-state index contributed by atoms with van der Waals surface area (Å²) in [6, 6.07) is 8.05. The number of benzene rings is 1. The van der Waals surface area contributed by atoms with Crippen LogP contribution in [0.4, 0.5) is 0 Å². The molecule has 1 atom stereocenters. The van der Waals surface area contributed by atoms with E-state index in [-0.39, 0.29) is 0 Å². The van der Waals surface area contributed by atoms with Gasteiger partial charge in [0.15, 0.2) is 0 Å². The second-order valence-corrected chi connectivity index (χ2v) is 4.45. The second-order valence-electron chi connectivity index (χ2n) is 4.04. The van der Waals surface area contributed by atoms with E-state index in [9.17, 15) is 0 Å². The first-order valence-electron chi connectivity index (χ1n) is 5.71. The fourth-order valence-electron chi connectivity index (χ4n) is 1.77. The van der Waals surface area contributed by atoms with Gasteiger partial charge in [0.2, 0.25) is 0 Å². The molecular formula is C13H20ClN. The van der Waals surface area contributed by atoms with Crippen LogP contribution in [-0.4, -0.2) is 6.54 Å². The van der Waals surface area contributed by atoms with Crippen LogP contribution in [0, 0.1) is 5.92 Å². The largest absolute Gasteiger partial charge is 0.330 e. The van der Waals surface area contributed by atoms with Gasteiger partial charge in [-0.1, -0.05) is 49.6 Å². The molecule has 1 aromatic carbocycles. The van der Waals surface area contributed by atoms with E-state index in [4.69, 9.17) is 17.3 Å². The van der Waals surface area contributed by atoms with Gasteiger partial charge in [-0.3, -0.25) is 0 Å². The lowest BCUT2D eigenvalue weighted by atomic mass is 9.94. The first kappa shape index (κ1) is 12.5. The van der Waals surface area contributed by atoms with Gasteiger partial charge in [-0.05, 0) is 36.9 Å². The van der Waals surface area contributed by atoms with E-state index in [1.165, 1.54) is 24.8 Å². The van der Waals surface area contributed by atoms with Crippen molar-refractivity contribution in [3.05, 3.63) is 34.9 Å². The Morgan fingerprint density at radius 3 is 2.67 bits per heavy atom. The van der Waals surface area contributed by atoms with Crippen molar-refractivity contribution in [2.75, 3.05) is 6.54 Å². The Hall–Kier alpha value is -0.530. The Kier molecular flexibility index (Phi) is 5.74. The summed E-state index contributed by atoms with van der Waals surface area (Å²) in [5, 5.41) is 0.868. The lowest BCUT2D eigenvalue weighted by Gasteiger charge is -2.14. The number of hydrogen-bond donors (Lipinski definition) is 1. The quantitative estimate of drug-likeness (QED) is 0.786. The van der Waals surface area contributed by atoms with Crippen molar-refractivity contribution in [2.45, 2.75) is 32.6 Å². The Morgan fingerprint density at radius 1 is 1.33 bits per heavy atom. The zero-order chi connectivity index (χ0) is 11.1. The van der Waals surface area contributed by atoms with E-state index in [0.717, 1.165) is 18.0 Å². The van der Waals surface area contributed by atoms with Gasteiger partial charge in [0.25, 0.3) is 0 Å². The van der Waals surface area contributed by atoms with Gasteiger partial charge in [-0.2, -0.15) is 0 Å². The molecule has 0 aliphatic rings. The number of halogens is 1. The summed E-state index contributed by atoms with van der Waals surface area (Å²) in [6.45, 7) is 2.97. The summed E-state index contributed by atoms with van der Waals surface area (Å²) in [5.74, 6) is 0.574. The molecule has 2 N–H and O–H groups in total. The van der Waals surface area contributed by atoms with Crippen LogP contribution < -0.4 is 5.73 Å². The molecule has 2 heteroatoms. The maximum atomic E-state index is 6.12. The van der Waals surface area contributed by atoms with Gasteiger partial charge in [-0.25, -0.2) is 0 Å². The molecule has 1 rings (SSSR count). The van der Waals surface area contributed by atoms with E-state index in [1.54, 1.807) is 0 Å². The van der Waals surface area contributed by atoms with Gasteiger partial charge in [-0.15, -0.1) is 0 Å². The first-order valence-corrected chi connectivity index (χ1v) is 6.09. The standard InChI is InChI=1S/C13H20ClN/c1-2-3-6-11(10-15)9-12-7-4-5-8-13(12)14/h4-5,7-8,11H,2-3,6,9-10,15H2,1H3. The smallest absolute Gasteiger partial charge is 0.0438 e. The molecule has 0 saturated heterocycles. The van der Waals surface area contributed by atoms with E-state index in [0.29, 0.717) is 5.92 Å². The molecule has 15 heavy (non-hydrogen) atoms. The molecule has 0 radical (unpaired) electrons. The highest BCUT2D eigenvalue weighted by Gasteiger charge is 2.09. The van der Waals surface area contributed by atoms with Crippen molar-refractivity contribution in [2.24, 2.45) is 11.7 Å². The molecule has 84 valence electrons.